The molecule has 0 spiro atoms. The van der Waals surface area contributed by atoms with Crippen molar-refractivity contribution in [3.63, 3.8) is 0 Å². The zero-order chi connectivity index (χ0) is 11.8. The van der Waals surface area contributed by atoms with Crippen LogP contribution in [0.5, 0.6) is 0 Å². The van der Waals surface area contributed by atoms with Crippen LogP contribution in [0.4, 0.5) is 5.13 Å². The topological polar surface area (TPSA) is 56.0 Å². The predicted molar refractivity (Wildman–Crippen MR) is 68.4 cm³/mol. The predicted octanol–water partition coefficient (Wildman–Crippen LogP) is 2.64. The molecule has 4 heteroatoms. The molecule has 0 bridgehead atoms. The Morgan fingerprint density at radius 3 is 2.76 bits per heavy atom. The van der Waals surface area contributed by atoms with Crippen molar-refractivity contribution in [2.24, 2.45) is 0 Å². The molecule has 0 unspecified atom stereocenters. The van der Waals surface area contributed by atoms with Gasteiger partial charge in [0, 0.05) is 6.42 Å². The fourth-order valence-electron chi connectivity index (χ4n) is 2.31. The van der Waals surface area contributed by atoms with Crippen molar-refractivity contribution in [2.75, 3.05) is 5.73 Å². The lowest BCUT2D eigenvalue weighted by molar-refractivity contribution is 0.0968. The minimum atomic E-state index is 0.175. The first-order valence-electron chi connectivity index (χ1n) is 5.57. The molecule has 1 heterocycles. The van der Waals surface area contributed by atoms with Crippen LogP contribution in [0.3, 0.4) is 0 Å². The third-order valence-electron chi connectivity index (χ3n) is 3.11. The van der Waals surface area contributed by atoms with Crippen LogP contribution in [0.15, 0.2) is 30.3 Å². The lowest BCUT2D eigenvalue weighted by Crippen LogP contribution is -2.17. The Balaban J connectivity index is 1.96. The monoisotopic (exact) mass is 244 g/mol. The smallest absolute Gasteiger partial charge is 0.180 e. The van der Waals surface area contributed by atoms with Gasteiger partial charge in [-0.2, -0.15) is 0 Å². The molecule has 0 saturated heterocycles. The Morgan fingerprint density at radius 2 is 2.00 bits per heavy atom. The van der Waals surface area contributed by atoms with Gasteiger partial charge in [0.25, 0.3) is 0 Å². The second kappa shape index (κ2) is 3.96. The molecule has 0 aliphatic heterocycles. The number of benzene rings is 1. The second-order valence-electron chi connectivity index (χ2n) is 4.27. The van der Waals surface area contributed by atoms with Gasteiger partial charge in [0.05, 0.1) is 10.6 Å². The number of carbonyl (C=O) groups excluding carboxylic acids is 1. The maximum atomic E-state index is 12.0. The number of fused-ring (bicyclic) bond motifs is 1. The molecule has 2 N–H and O–H groups in total. The summed E-state index contributed by atoms with van der Waals surface area (Å²) < 4.78 is 0. The molecule has 3 rings (SSSR count). The average molecular weight is 244 g/mol. The second-order valence-corrected chi connectivity index (χ2v) is 5.30. The normalized spacial score (nSPS) is 19.1. The third-order valence-corrected chi connectivity index (χ3v) is 4.08. The Labute approximate surface area is 103 Å². The molecule has 1 aliphatic rings. The summed E-state index contributed by atoms with van der Waals surface area (Å²) in [5.74, 6) is 0.423. The molecule has 1 aromatic heterocycles. The van der Waals surface area contributed by atoms with E-state index in [0.717, 1.165) is 17.0 Å². The molecule has 17 heavy (non-hydrogen) atoms. The highest BCUT2D eigenvalue weighted by molar-refractivity contribution is 7.17. The molecule has 0 saturated carbocycles. The highest BCUT2D eigenvalue weighted by Crippen LogP contribution is 2.35. The standard InChI is InChI=1S/C13H12N2OS/c14-13-15-10-6-9(7-11(16)12(10)17-13)8-4-2-1-3-5-8/h1-5,9H,6-7H2,(H2,14,15)/t9-/m0/s1. The van der Waals surface area contributed by atoms with Gasteiger partial charge in [-0.15, -0.1) is 0 Å². The van der Waals surface area contributed by atoms with Gasteiger partial charge in [-0.25, -0.2) is 4.98 Å². The van der Waals surface area contributed by atoms with Crippen LogP contribution in [0.25, 0.3) is 0 Å². The van der Waals surface area contributed by atoms with E-state index in [-0.39, 0.29) is 11.7 Å². The van der Waals surface area contributed by atoms with Gasteiger partial charge in [0.15, 0.2) is 10.9 Å². The quantitative estimate of drug-likeness (QED) is 0.839. The Hall–Kier alpha value is -1.68. The van der Waals surface area contributed by atoms with Crippen LogP contribution in [0, 0.1) is 0 Å². The van der Waals surface area contributed by atoms with Crippen molar-refractivity contribution in [2.45, 2.75) is 18.8 Å². The molecule has 0 fully saturated rings. The largest absolute Gasteiger partial charge is 0.375 e. The summed E-state index contributed by atoms with van der Waals surface area (Å²) in [7, 11) is 0. The van der Waals surface area contributed by atoms with E-state index in [1.54, 1.807) is 0 Å². The number of carbonyl (C=O) groups is 1. The fourth-order valence-corrected chi connectivity index (χ4v) is 3.12. The van der Waals surface area contributed by atoms with Crippen LogP contribution < -0.4 is 5.73 Å². The number of thiazole rings is 1. The number of hydrogen-bond acceptors (Lipinski definition) is 4. The summed E-state index contributed by atoms with van der Waals surface area (Å²) in [5, 5.41) is 0.497. The van der Waals surface area contributed by atoms with Crippen LogP contribution >= 0.6 is 11.3 Å². The SMILES string of the molecule is Nc1nc2c(s1)C(=O)C[C@@H](c1ccccc1)C2. The van der Waals surface area contributed by atoms with Crippen molar-refractivity contribution in [1.82, 2.24) is 4.98 Å². The van der Waals surface area contributed by atoms with Crippen molar-refractivity contribution in [3.8, 4) is 0 Å². The summed E-state index contributed by atoms with van der Waals surface area (Å²) >= 11 is 1.31. The maximum absolute atomic E-state index is 12.0. The van der Waals surface area contributed by atoms with E-state index in [1.165, 1.54) is 16.9 Å². The first kappa shape index (κ1) is 10.5. The first-order chi connectivity index (χ1) is 8.24. The van der Waals surface area contributed by atoms with Crippen LogP contribution in [0.2, 0.25) is 0 Å². The average Bonchev–Trinajstić information content (AvgIpc) is 2.71. The molecule has 2 aromatic rings. The molecule has 3 nitrogen and oxygen atoms in total. The van der Waals surface area contributed by atoms with Gasteiger partial charge < -0.3 is 5.73 Å². The van der Waals surface area contributed by atoms with E-state index in [4.69, 9.17) is 5.73 Å². The molecule has 0 radical (unpaired) electrons. The van der Waals surface area contributed by atoms with Gasteiger partial charge in [-0.1, -0.05) is 41.7 Å². The van der Waals surface area contributed by atoms with Crippen LogP contribution in [-0.4, -0.2) is 10.8 Å². The van der Waals surface area contributed by atoms with E-state index in [1.807, 2.05) is 18.2 Å². The number of Topliss-reactive ketones (excluding diaryl/α,β-unsaturated/α-hetero) is 1. The van der Waals surface area contributed by atoms with Gasteiger partial charge >= 0.3 is 0 Å². The number of nitrogen functional groups attached to an aromatic ring is 1. The number of anilines is 1. The summed E-state index contributed by atoms with van der Waals surface area (Å²) in [5.41, 5.74) is 7.74. The summed E-state index contributed by atoms with van der Waals surface area (Å²) in [4.78, 5) is 17.0. The molecule has 1 atom stereocenters. The van der Waals surface area contributed by atoms with Gasteiger partial charge in [0.2, 0.25) is 0 Å². The van der Waals surface area contributed by atoms with Crippen molar-refractivity contribution >= 4 is 22.3 Å². The summed E-state index contributed by atoms with van der Waals surface area (Å²) in [6.45, 7) is 0. The Morgan fingerprint density at radius 1 is 1.24 bits per heavy atom. The highest BCUT2D eigenvalue weighted by Gasteiger charge is 2.29. The third kappa shape index (κ3) is 1.85. The minimum Gasteiger partial charge on any atom is -0.375 e. The number of nitrogens with zero attached hydrogens (tertiary/aromatic N) is 1. The van der Waals surface area contributed by atoms with Crippen molar-refractivity contribution < 1.29 is 4.79 Å². The molecular formula is C13H12N2OS. The number of hydrogen-bond donors (Lipinski definition) is 1. The lowest BCUT2D eigenvalue weighted by Gasteiger charge is -2.20. The number of ketones is 1. The van der Waals surface area contributed by atoms with E-state index in [2.05, 4.69) is 17.1 Å². The number of nitrogens with two attached hydrogens (primary N) is 1. The number of aromatic nitrogens is 1. The molecule has 86 valence electrons. The van der Waals surface area contributed by atoms with Gasteiger partial charge in [0.1, 0.15) is 0 Å². The Kier molecular flexibility index (Phi) is 2.44. The maximum Gasteiger partial charge on any atom is 0.180 e. The summed E-state index contributed by atoms with van der Waals surface area (Å²) in [6, 6.07) is 10.1. The zero-order valence-electron chi connectivity index (χ0n) is 9.22. The zero-order valence-corrected chi connectivity index (χ0v) is 10.0. The van der Waals surface area contributed by atoms with Crippen molar-refractivity contribution in [1.29, 1.82) is 0 Å². The molecule has 1 aliphatic carbocycles. The van der Waals surface area contributed by atoms with Crippen molar-refractivity contribution in [3.05, 3.63) is 46.5 Å². The highest BCUT2D eigenvalue weighted by atomic mass is 32.1. The van der Waals surface area contributed by atoms with Crippen LogP contribution in [0.1, 0.15) is 33.3 Å². The van der Waals surface area contributed by atoms with E-state index in [0.29, 0.717) is 11.6 Å². The van der Waals surface area contributed by atoms with Gasteiger partial charge in [-0.05, 0) is 17.9 Å². The minimum absolute atomic E-state index is 0.175. The number of rotatable bonds is 1. The van der Waals surface area contributed by atoms with E-state index in [9.17, 15) is 4.79 Å². The van der Waals surface area contributed by atoms with E-state index >= 15 is 0 Å². The summed E-state index contributed by atoms with van der Waals surface area (Å²) in [6.07, 6.45) is 1.39. The van der Waals surface area contributed by atoms with E-state index < -0.39 is 0 Å². The Bertz CT molecular complexity index is 562. The first-order valence-corrected chi connectivity index (χ1v) is 6.39. The molecule has 1 aromatic carbocycles. The fraction of sp³-hybridized carbons (Fsp3) is 0.231. The lowest BCUT2D eigenvalue weighted by atomic mass is 9.85. The molecular weight excluding hydrogens is 232 g/mol. The van der Waals surface area contributed by atoms with Crippen LogP contribution in [-0.2, 0) is 6.42 Å². The molecule has 0 amide bonds. The van der Waals surface area contributed by atoms with Gasteiger partial charge in [-0.3, -0.25) is 4.79 Å².